The zero-order valence-corrected chi connectivity index (χ0v) is 12.3. The Morgan fingerprint density at radius 2 is 2.32 bits per heavy atom. The van der Waals surface area contributed by atoms with Crippen LogP contribution in [0.1, 0.15) is 24.1 Å². The van der Waals surface area contributed by atoms with Crippen molar-refractivity contribution in [2.24, 2.45) is 12.0 Å². The molecule has 3 heterocycles. The fraction of sp³-hybridized carbons (Fsp3) is 0.692. The normalized spacial score (nSPS) is 24.0. The molecule has 104 valence electrons. The zero-order chi connectivity index (χ0) is 13.3. The summed E-state index contributed by atoms with van der Waals surface area (Å²) in [7, 11) is 1.96. The fourth-order valence-corrected chi connectivity index (χ4v) is 3.70. The van der Waals surface area contributed by atoms with E-state index in [1.54, 1.807) is 0 Å². The van der Waals surface area contributed by atoms with Gasteiger partial charge in [0.2, 0.25) is 0 Å². The summed E-state index contributed by atoms with van der Waals surface area (Å²) in [5.41, 5.74) is 2.62. The molecule has 2 fully saturated rings. The molecule has 0 radical (unpaired) electrons. The van der Waals surface area contributed by atoms with Gasteiger partial charge in [-0.1, -0.05) is 11.8 Å². The predicted molar refractivity (Wildman–Crippen MR) is 77.5 cm³/mol. The molecule has 1 N–H and O–H groups in total. The molecular formula is C13H20N4OS. The van der Waals surface area contributed by atoms with Crippen molar-refractivity contribution in [2.75, 3.05) is 19.0 Å². The van der Waals surface area contributed by atoms with Crippen molar-refractivity contribution in [1.82, 2.24) is 15.1 Å². The summed E-state index contributed by atoms with van der Waals surface area (Å²) >= 11 is 1.84. The number of rotatable bonds is 2. The van der Waals surface area contributed by atoms with Crippen molar-refractivity contribution in [3.05, 3.63) is 17.5 Å². The van der Waals surface area contributed by atoms with Gasteiger partial charge in [0.25, 0.3) is 0 Å². The van der Waals surface area contributed by atoms with Gasteiger partial charge in [0.15, 0.2) is 5.17 Å². The van der Waals surface area contributed by atoms with Crippen LogP contribution in [-0.4, -0.2) is 39.5 Å². The van der Waals surface area contributed by atoms with E-state index in [1.807, 2.05) is 29.7 Å². The largest absolute Gasteiger partial charge is 0.381 e. The predicted octanol–water partition coefficient (Wildman–Crippen LogP) is 1.47. The minimum absolute atomic E-state index is 0.228. The lowest BCUT2D eigenvalue weighted by Crippen LogP contribution is -2.48. The summed E-state index contributed by atoms with van der Waals surface area (Å²) in [6.45, 7) is 4.52. The smallest absolute Gasteiger partial charge is 0.157 e. The molecule has 3 rings (SSSR count). The van der Waals surface area contributed by atoms with Crippen LogP contribution in [0.5, 0.6) is 0 Å². The van der Waals surface area contributed by atoms with Gasteiger partial charge < -0.3 is 10.1 Å². The van der Waals surface area contributed by atoms with Crippen LogP contribution in [0.3, 0.4) is 0 Å². The molecule has 5 nitrogen and oxygen atoms in total. The average Bonchev–Trinajstić information content (AvgIpc) is 2.95. The van der Waals surface area contributed by atoms with E-state index >= 15 is 0 Å². The molecule has 0 saturated carbocycles. The van der Waals surface area contributed by atoms with E-state index in [9.17, 15) is 0 Å². The zero-order valence-electron chi connectivity index (χ0n) is 11.5. The van der Waals surface area contributed by atoms with Crippen LogP contribution in [-0.2, 0) is 18.3 Å². The van der Waals surface area contributed by atoms with Gasteiger partial charge >= 0.3 is 0 Å². The van der Waals surface area contributed by atoms with Crippen molar-refractivity contribution in [1.29, 1.82) is 0 Å². The number of thioether (sulfide) groups is 1. The Morgan fingerprint density at radius 1 is 1.53 bits per heavy atom. The van der Waals surface area contributed by atoms with Crippen LogP contribution in [0.15, 0.2) is 11.2 Å². The van der Waals surface area contributed by atoms with E-state index < -0.39 is 0 Å². The number of hydrogen-bond donors (Lipinski definition) is 1. The maximum Gasteiger partial charge on any atom is 0.157 e. The quantitative estimate of drug-likeness (QED) is 0.891. The molecule has 0 aliphatic carbocycles. The van der Waals surface area contributed by atoms with Crippen LogP contribution >= 0.6 is 11.8 Å². The first kappa shape index (κ1) is 13.0. The van der Waals surface area contributed by atoms with Gasteiger partial charge in [0.05, 0.1) is 18.3 Å². The first-order valence-corrected chi connectivity index (χ1v) is 7.68. The Bertz CT molecular complexity index is 491. The molecule has 1 aromatic heterocycles. The molecule has 1 aromatic rings. The Kier molecular flexibility index (Phi) is 3.54. The second-order valence-corrected chi connectivity index (χ2v) is 6.27. The van der Waals surface area contributed by atoms with Crippen LogP contribution in [0.2, 0.25) is 0 Å². The topological polar surface area (TPSA) is 51.4 Å². The number of nitrogens with one attached hydrogen (secondary N) is 1. The highest BCUT2D eigenvalue weighted by Gasteiger charge is 2.38. The fourth-order valence-electron chi connectivity index (χ4n) is 2.48. The first-order chi connectivity index (χ1) is 9.19. The van der Waals surface area contributed by atoms with E-state index in [2.05, 4.69) is 17.3 Å². The van der Waals surface area contributed by atoms with Gasteiger partial charge in [0.1, 0.15) is 0 Å². The van der Waals surface area contributed by atoms with E-state index in [4.69, 9.17) is 9.73 Å². The Labute approximate surface area is 117 Å². The van der Waals surface area contributed by atoms with Crippen molar-refractivity contribution in [3.8, 4) is 0 Å². The summed E-state index contributed by atoms with van der Waals surface area (Å²) in [4.78, 5) is 4.69. The third-order valence-corrected chi connectivity index (χ3v) is 5.24. The lowest BCUT2D eigenvalue weighted by molar-refractivity contribution is 0.0555. The molecule has 0 amide bonds. The van der Waals surface area contributed by atoms with E-state index in [0.29, 0.717) is 6.54 Å². The van der Waals surface area contributed by atoms with Crippen LogP contribution in [0.4, 0.5) is 0 Å². The van der Waals surface area contributed by atoms with Gasteiger partial charge in [-0.2, -0.15) is 5.10 Å². The van der Waals surface area contributed by atoms with Gasteiger partial charge in [-0.25, -0.2) is 0 Å². The number of amidine groups is 1. The summed E-state index contributed by atoms with van der Waals surface area (Å²) in [6.07, 6.45) is 4.08. The summed E-state index contributed by atoms with van der Waals surface area (Å²) in [5.74, 6) is 1.11. The highest BCUT2D eigenvalue weighted by atomic mass is 32.2. The second kappa shape index (κ2) is 5.17. The monoisotopic (exact) mass is 280 g/mol. The molecule has 0 unspecified atom stereocenters. The third-order valence-electron chi connectivity index (χ3n) is 4.04. The molecule has 0 atom stereocenters. The van der Waals surface area contributed by atoms with Crippen molar-refractivity contribution in [2.45, 2.75) is 31.8 Å². The minimum Gasteiger partial charge on any atom is -0.381 e. The molecule has 2 aliphatic rings. The van der Waals surface area contributed by atoms with Crippen LogP contribution in [0, 0.1) is 6.92 Å². The summed E-state index contributed by atoms with van der Waals surface area (Å²) in [5, 5.41) is 8.93. The van der Waals surface area contributed by atoms with Crippen molar-refractivity contribution >= 4 is 16.9 Å². The van der Waals surface area contributed by atoms with Crippen LogP contribution in [0.25, 0.3) is 0 Å². The molecule has 19 heavy (non-hydrogen) atoms. The van der Waals surface area contributed by atoms with Gasteiger partial charge in [-0.05, 0) is 19.8 Å². The van der Waals surface area contributed by atoms with Crippen LogP contribution < -0.4 is 5.32 Å². The molecule has 2 aliphatic heterocycles. The lowest BCUT2D eigenvalue weighted by Gasteiger charge is -2.32. The molecule has 6 heteroatoms. The Morgan fingerprint density at radius 3 is 3.00 bits per heavy atom. The number of ether oxygens (including phenoxy) is 1. The molecule has 2 saturated heterocycles. The number of aromatic nitrogens is 2. The third kappa shape index (κ3) is 2.65. The average molecular weight is 280 g/mol. The van der Waals surface area contributed by atoms with Crippen molar-refractivity contribution < 1.29 is 4.74 Å². The second-order valence-electron chi connectivity index (χ2n) is 5.31. The van der Waals surface area contributed by atoms with Gasteiger partial charge in [-0.15, -0.1) is 0 Å². The Hall–Kier alpha value is -1.01. The molecule has 0 aromatic carbocycles. The summed E-state index contributed by atoms with van der Waals surface area (Å²) in [6, 6.07) is 0. The SMILES string of the molecule is Cc1c(CN=C2NC3(CCOCC3)CS2)cnn1C. The number of hydrogen-bond acceptors (Lipinski definition) is 4. The molecule has 1 spiro atoms. The maximum absolute atomic E-state index is 5.44. The summed E-state index contributed by atoms with van der Waals surface area (Å²) < 4.78 is 7.33. The van der Waals surface area contributed by atoms with Crippen molar-refractivity contribution in [3.63, 3.8) is 0 Å². The Balaban J connectivity index is 1.64. The highest BCUT2D eigenvalue weighted by molar-refractivity contribution is 8.14. The van der Waals surface area contributed by atoms with Gasteiger partial charge in [0, 0.05) is 37.3 Å². The molecular weight excluding hydrogens is 260 g/mol. The lowest BCUT2D eigenvalue weighted by atomic mass is 9.93. The number of nitrogens with zero attached hydrogens (tertiary/aromatic N) is 3. The standard InChI is InChI=1S/C13H20N4OS/c1-10-11(8-15-17(10)2)7-14-12-16-13(9-19-12)3-5-18-6-4-13/h8H,3-7,9H2,1-2H3,(H,14,16). The molecule has 0 bridgehead atoms. The number of aliphatic imine (C=N–C) groups is 1. The minimum atomic E-state index is 0.228. The number of aryl methyl sites for hydroxylation is 1. The van der Waals surface area contributed by atoms with E-state index in [1.165, 1.54) is 11.3 Å². The first-order valence-electron chi connectivity index (χ1n) is 6.69. The van der Waals surface area contributed by atoms with Gasteiger partial charge in [-0.3, -0.25) is 9.67 Å². The van der Waals surface area contributed by atoms with E-state index in [0.717, 1.165) is 37.0 Å². The van der Waals surface area contributed by atoms with E-state index in [-0.39, 0.29) is 5.54 Å². The maximum atomic E-state index is 5.44. The highest BCUT2D eigenvalue weighted by Crippen LogP contribution is 2.31.